The van der Waals surface area contributed by atoms with Crippen LogP contribution in [-0.4, -0.2) is 47.3 Å². The normalized spacial score (nSPS) is 22.0. The summed E-state index contributed by atoms with van der Waals surface area (Å²) in [6.07, 6.45) is 3.37. The highest BCUT2D eigenvalue weighted by Crippen LogP contribution is 2.38. The topological polar surface area (TPSA) is 49.9 Å². The first-order valence-corrected chi connectivity index (χ1v) is 9.94. The highest BCUT2D eigenvalue weighted by atomic mass is 16.5. The van der Waals surface area contributed by atoms with Gasteiger partial charge >= 0.3 is 0 Å². The molecule has 2 aromatic carbocycles. The average Bonchev–Trinajstić information content (AvgIpc) is 3.15. The van der Waals surface area contributed by atoms with E-state index in [4.69, 9.17) is 4.74 Å². The Morgan fingerprint density at radius 3 is 2.39 bits per heavy atom. The van der Waals surface area contributed by atoms with Gasteiger partial charge in [-0.25, -0.2) is 0 Å². The van der Waals surface area contributed by atoms with Crippen molar-refractivity contribution >= 4 is 11.8 Å². The standard InChI is InChI=1S/C23H26N2O3/c1-24-15-5-13-23(22(24)27)14-6-16-25(23)21(26)19-11-9-18(10-12-19)17-28-20-7-3-2-4-8-20/h2-4,7-12H,5-6,13-17H2,1H3. The summed E-state index contributed by atoms with van der Waals surface area (Å²) in [4.78, 5) is 29.7. The number of para-hydroxylation sites is 1. The van der Waals surface area contributed by atoms with Gasteiger partial charge in [-0.1, -0.05) is 30.3 Å². The van der Waals surface area contributed by atoms with Crippen LogP contribution in [0.5, 0.6) is 5.75 Å². The number of likely N-dealkylation sites (N-methyl/N-ethyl adjacent to an activating group) is 1. The van der Waals surface area contributed by atoms with Crippen molar-refractivity contribution in [3.63, 3.8) is 0 Å². The summed E-state index contributed by atoms with van der Waals surface area (Å²) in [5.74, 6) is 0.871. The number of hydrogen-bond acceptors (Lipinski definition) is 3. The van der Waals surface area contributed by atoms with Crippen LogP contribution < -0.4 is 4.74 Å². The van der Waals surface area contributed by atoms with Gasteiger partial charge in [0.25, 0.3) is 5.91 Å². The molecule has 0 saturated carbocycles. The molecule has 0 radical (unpaired) electrons. The van der Waals surface area contributed by atoms with E-state index in [-0.39, 0.29) is 11.8 Å². The molecule has 2 saturated heterocycles. The number of piperidine rings is 1. The number of likely N-dealkylation sites (tertiary alicyclic amines) is 2. The number of benzene rings is 2. The van der Waals surface area contributed by atoms with Crippen molar-refractivity contribution in [2.24, 2.45) is 0 Å². The molecular formula is C23H26N2O3. The molecule has 2 amide bonds. The Kier molecular flexibility index (Phi) is 5.07. The van der Waals surface area contributed by atoms with Gasteiger partial charge in [0, 0.05) is 25.7 Å². The lowest BCUT2D eigenvalue weighted by atomic mass is 9.85. The van der Waals surface area contributed by atoms with E-state index in [1.807, 2.05) is 66.5 Å². The van der Waals surface area contributed by atoms with Crippen molar-refractivity contribution in [1.29, 1.82) is 0 Å². The van der Waals surface area contributed by atoms with Crippen molar-refractivity contribution in [2.75, 3.05) is 20.1 Å². The number of rotatable bonds is 4. The third kappa shape index (κ3) is 3.37. The Morgan fingerprint density at radius 2 is 1.68 bits per heavy atom. The molecule has 5 heteroatoms. The largest absolute Gasteiger partial charge is 0.489 e. The number of carbonyl (C=O) groups is 2. The first-order chi connectivity index (χ1) is 13.6. The second kappa shape index (κ2) is 7.66. The van der Waals surface area contributed by atoms with Crippen LogP contribution in [0.3, 0.4) is 0 Å². The predicted octanol–water partition coefficient (Wildman–Crippen LogP) is 3.49. The lowest BCUT2D eigenvalue weighted by Crippen LogP contribution is -2.60. The highest BCUT2D eigenvalue weighted by Gasteiger charge is 2.52. The zero-order valence-corrected chi connectivity index (χ0v) is 16.3. The quantitative estimate of drug-likeness (QED) is 0.818. The van der Waals surface area contributed by atoms with Crippen molar-refractivity contribution in [3.8, 4) is 5.75 Å². The summed E-state index contributed by atoms with van der Waals surface area (Å²) in [5, 5.41) is 0. The molecule has 5 nitrogen and oxygen atoms in total. The van der Waals surface area contributed by atoms with Crippen molar-refractivity contribution < 1.29 is 14.3 Å². The first-order valence-electron chi connectivity index (χ1n) is 9.94. The van der Waals surface area contributed by atoms with Crippen LogP contribution >= 0.6 is 0 Å². The highest BCUT2D eigenvalue weighted by molar-refractivity contribution is 6.00. The van der Waals surface area contributed by atoms with Crippen molar-refractivity contribution in [2.45, 2.75) is 37.8 Å². The third-order valence-electron chi connectivity index (χ3n) is 5.91. The molecule has 2 heterocycles. The summed E-state index contributed by atoms with van der Waals surface area (Å²) in [7, 11) is 1.84. The van der Waals surface area contributed by atoms with Crippen LogP contribution in [0.2, 0.25) is 0 Å². The second-order valence-electron chi connectivity index (χ2n) is 7.72. The molecule has 0 aliphatic carbocycles. The molecule has 4 rings (SSSR count). The van der Waals surface area contributed by atoms with Gasteiger partial charge in [0.1, 0.15) is 17.9 Å². The molecule has 0 N–H and O–H groups in total. The molecule has 1 atom stereocenters. The van der Waals surface area contributed by atoms with Crippen LogP contribution in [0.15, 0.2) is 54.6 Å². The van der Waals surface area contributed by atoms with Gasteiger partial charge in [-0.3, -0.25) is 9.59 Å². The predicted molar refractivity (Wildman–Crippen MR) is 107 cm³/mol. The zero-order chi connectivity index (χ0) is 19.6. The van der Waals surface area contributed by atoms with Gasteiger partial charge in [0.2, 0.25) is 5.91 Å². The maximum absolute atomic E-state index is 13.2. The lowest BCUT2D eigenvalue weighted by molar-refractivity contribution is -0.144. The van der Waals surface area contributed by atoms with E-state index in [1.54, 1.807) is 4.90 Å². The summed E-state index contributed by atoms with van der Waals surface area (Å²) < 4.78 is 5.76. The molecule has 1 spiro atoms. The van der Waals surface area contributed by atoms with Gasteiger partial charge < -0.3 is 14.5 Å². The maximum atomic E-state index is 13.2. The third-order valence-corrected chi connectivity index (χ3v) is 5.91. The smallest absolute Gasteiger partial charge is 0.254 e. The van der Waals surface area contributed by atoms with E-state index in [1.165, 1.54) is 0 Å². The molecule has 28 heavy (non-hydrogen) atoms. The number of ether oxygens (including phenoxy) is 1. The van der Waals surface area contributed by atoms with Crippen LogP contribution in [0, 0.1) is 0 Å². The van der Waals surface area contributed by atoms with Gasteiger partial charge in [-0.15, -0.1) is 0 Å². The van der Waals surface area contributed by atoms with Crippen molar-refractivity contribution in [1.82, 2.24) is 9.80 Å². The molecule has 2 aliphatic rings. The Labute approximate surface area is 165 Å². The zero-order valence-electron chi connectivity index (χ0n) is 16.3. The number of carbonyl (C=O) groups excluding carboxylic acids is 2. The maximum Gasteiger partial charge on any atom is 0.254 e. The van der Waals surface area contributed by atoms with Gasteiger partial charge in [0.15, 0.2) is 0 Å². The van der Waals surface area contributed by atoms with Crippen LogP contribution in [0.1, 0.15) is 41.6 Å². The fraction of sp³-hybridized carbons (Fsp3) is 0.391. The molecule has 146 valence electrons. The summed E-state index contributed by atoms with van der Waals surface area (Å²) in [5.41, 5.74) is 0.995. The van der Waals surface area contributed by atoms with Crippen LogP contribution in [0.4, 0.5) is 0 Å². The van der Waals surface area contributed by atoms with Gasteiger partial charge in [-0.05, 0) is 55.5 Å². The Hall–Kier alpha value is -2.82. The van der Waals surface area contributed by atoms with E-state index in [9.17, 15) is 9.59 Å². The van der Waals surface area contributed by atoms with E-state index in [2.05, 4.69) is 0 Å². The van der Waals surface area contributed by atoms with E-state index in [0.29, 0.717) is 18.7 Å². The molecule has 2 aliphatic heterocycles. The van der Waals surface area contributed by atoms with Gasteiger partial charge in [-0.2, -0.15) is 0 Å². The van der Waals surface area contributed by atoms with Crippen molar-refractivity contribution in [3.05, 3.63) is 65.7 Å². The SMILES string of the molecule is CN1CCCC2(CCCN2C(=O)c2ccc(COc3ccccc3)cc2)C1=O. The first kappa shape index (κ1) is 18.5. The molecule has 0 aromatic heterocycles. The Balaban J connectivity index is 1.46. The lowest BCUT2D eigenvalue weighted by Gasteiger charge is -2.43. The van der Waals surface area contributed by atoms with Crippen LogP contribution in [-0.2, 0) is 11.4 Å². The number of amides is 2. The number of nitrogens with zero attached hydrogens (tertiary/aromatic N) is 2. The van der Waals surface area contributed by atoms with E-state index in [0.717, 1.165) is 43.5 Å². The average molecular weight is 378 g/mol. The minimum absolute atomic E-state index is 0.0447. The van der Waals surface area contributed by atoms with E-state index < -0.39 is 5.54 Å². The molecule has 1 unspecified atom stereocenters. The minimum atomic E-state index is -0.640. The molecule has 0 bridgehead atoms. The summed E-state index contributed by atoms with van der Waals surface area (Å²) in [6, 6.07) is 17.2. The summed E-state index contributed by atoms with van der Waals surface area (Å²) >= 11 is 0. The van der Waals surface area contributed by atoms with E-state index >= 15 is 0 Å². The monoisotopic (exact) mass is 378 g/mol. The second-order valence-corrected chi connectivity index (χ2v) is 7.72. The minimum Gasteiger partial charge on any atom is -0.489 e. The fourth-order valence-electron chi connectivity index (χ4n) is 4.41. The summed E-state index contributed by atoms with van der Waals surface area (Å²) in [6.45, 7) is 1.88. The van der Waals surface area contributed by atoms with Gasteiger partial charge in [0.05, 0.1) is 0 Å². The Morgan fingerprint density at radius 1 is 1.00 bits per heavy atom. The fourth-order valence-corrected chi connectivity index (χ4v) is 4.41. The molecule has 2 aromatic rings. The Bertz CT molecular complexity index is 850. The molecule has 2 fully saturated rings. The van der Waals surface area contributed by atoms with Crippen LogP contribution in [0.25, 0.3) is 0 Å². The molecular weight excluding hydrogens is 352 g/mol. The number of hydrogen-bond donors (Lipinski definition) is 0.